The maximum atomic E-state index is 12.8. The van der Waals surface area contributed by atoms with Gasteiger partial charge in [0.25, 0.3) is 5.91 Å². The van der Waals surface area contributed by atoms with Crippen molar-refractivity contribution < 1.29 is 4.79 Å². The van der Waals surface area contributed by atoms with E-state index < -0.39 is 0 Å². The largest absolute Gasteiger partial charge is 0.345 e. The highest BCUT2D eigenvalue weighted by Gasteiger charge is 2.26. The van der Waals surface area contributed by atoms with Crippen LogP contribution in [0.5, 0.6) is 0 Å². The molecule has 0 radical (unpaired) electrons. The van der Waals surface area contributed by atoms with Crippen LogP contribution in [-0.4, -0.2) is 30.2 Å². The van der Waals surface area contributed by atoms with Gasteiger partial charge in [0.05, 0.1) is 23.6 Å². The molecule has 3 aromatic heterocycles. The Balaban J connectivity index is 1.39. The third kappa shape index (κ3) is 2.94. The zero-order valence-corrected chi connectivity index (χ0v) is 15.5. The highest BCUT2D eigenvalue weighted by molar-refractivity contribution is 5.96. The summed E-state index contributed by atoms with van der Waals surface area (Å²) in [5.74, 6) is -0.168. The Morgan fingerprint density at radius 3 is 2.86 bits per heavy atom. The summed E-state index contributed by atoms with van der Waals surface area (Å²) >= 11 is 0. The molecule has 28 heavy (non-hydrogen) atoms. The Kier molecular flexibility index (Phi) is 3.93. The Morgan fingerprint density at radius 1 is 1.21 bits per heavy atom. The van der Waals surface area contributed by atoms with Crippen molar-refractivity contribution in [3.63, 3.8) is 0 Å². The van der Waals surface area contributed by atoms with Gasteiger partial charge in [-0.3, -0.25) is 4.79 Å². The predicted molar refractivity (Wildman–Crippen MR) is 105 cm³/mol. The fourth-order valence-electron chi connectivity index (χ4n) is 3.49. The fourth-order valence-corrected chi connectivity index (χ4v) is 3.49. The number of aromatic nitrogens is 5. The molecule has 7 nitrogen and oxygen atoms in total. The number of nitrogens with one attached hydrogen (secondary N) is 1. The molecule has 4 aromatic rings. The van der Waals surface area contributed by atoms with Gasteiger partial charge in [0, 0.05) is 24.6 Å². The second-order valence-electron chi connectivity index (χ2n) is 7.15. The first-order valence-electron chi connectivity index (χ1n) is 9.43. The number of benzene rings is 1. The van der Waals surface area contributed by atoms with Crippen LogP contribution in [-0.2, 0) is 0 Å². The van der Waals surface area contributed by atoms with Gasteiger partial charge in [0.2, 0.25) is 0 Å². The van der Waals surface area contributed by atoms with Crippen LogP contribution in [0.3, 0.4) is 0 Å². The molecular formula is C21H20N6O. The third-order valence-corrected chi connectivity index (χ3v) is 5.12. The van der Waals surface area contributed by atoms with Crippen LogP contribution in [0, 0.1) is 0 Å². The molecule has 5 rings (SSSR count). The molecule has 1 saturated carbocycles. The van der Waals surface area contributed by atoms with Crippen LogP contribution in [0.25, 0.3) is 16.9 Å². The third-order valence-electron chi connectivity index (χ3n) is 5.12. The zero-order chi connectivity index (χ0) is 19.1. The number of imidazole rings is 1. The molecule has 1 fully saturated rings. The summed E-state index contributed by atoms with van der Waals surface area (Å²) < 4.78 is 3.90. The molecule has 0 saturated heterocycles. The summed E-state index contributed by atoms with van der Waals surface area (Å²) in [6.45, 7) is 1.97. The van der Waals surface area contributed by atoms with E-state index in [1.165, 1.54) is 12.8 Å². The predicted octanol–water partition coefficient (Wildman–Crippen LogP) is 3.44. The molecule has 7 heteroatoms. The Bertz CT molecular complexity index is 1140. The molecule has 1 atom stereocenters. The van der Waals surface area contributed by atoms with Crippen molar-refractivity contribution in [3.05, 3.63) is 72.4 Å². The van der Waals surface area contributed by atoms with E-state index in [-0.39, 0.29) is 11.9 Å². The van der Waals surface area contributed by atoms with Crippen molar-refractivity contribution >= 4 is 17.1 Å². The molecule has 1 amide bonds. The Labute approximate surface area is 162 Å². The van der Waals surface area contributed by atoms with E-state index in [2.05, 4.69) is 25.0 Å². The maximum absolute atomic E-state index is 12.8. The van der Waals surface area contributed by atoms with E-state index in [0.29, 0.717) is 11.6 Å². The number of pyridine rings is 1. The monoisotopic (exact) mass is 372 g/mol. The summed E-state index contributed by atoms with van der Waals surface area (Å²) in [5, 5.41) is 7.37. The van der Waals surface area contributed by atoms with E-state index in [1.54, 1.807) is 17.1 Å². The van der Waals surface area contributed by atoms with Gasteiger partial charge in [-0.25, -0.2) is 14.6 Å². The first-order chi connectivity index (χ1) is 13.7. The minimum absolute atomic E-state index is 0.168. The summed E-state index contributed by atoms with van der Waals surface area (Å²) in [4.78, 5) is 21.7. The second kappa shape index (κ2) is 6.60. The summed E-state index contributed by atoms with van der Waals surface area (Å²) in [6, 6.07) is 11.9. The van der Waals surface area contributed by atoms with Crippen molar-refractivity contribution in [1.82, 2.24) is 29.6 Å². The number of hydrogen-bond donors (Lipinski definition) is 1. The second-order valence-corrected chi connectivity index (χ2v) is 7.15. The molecule has 1 aliphatic carbocycles. The number of fused-ring (bicyclic) bond motifs is 1. The molecular weight excluding hydrogens is 352 g/mol. The van der Waals surface area contributed by atoms with Crippen LogP contribution in [0.2, 0.25) is 0 Å². The van der Waals surface area contributed by atoms with Crippen LogP contribution in [0.15, 0.2) is 61.3 Å². The zero-order valence-electron chi connectivity index (χ0n) is 15.5. The van der Waals surface area contributed by atoms with Crippen LogP contribution in [0.1, 0.15) is 47.8 Å². The topological polar surface area (TPSA) is 77.6 Å². The van der Waals surface area contributed by atoms with Gasteiger partial charge >= 0.3 is 0 Å². The summed E-state index contributed by atoms with van der Waals surface area (Å²) in [5.41, 5.74) is 4.04. The quantitative estimate of drug-likeness (QED) is 0.582. The molecule has 1 N–H and O–H groups in total. The van der Waals surface area contributed by atoms with Crippen molar-refractivity contribution in [3.8, 4) is 5.69 Å². The van der Waals surface area contributed by atoms with Gasteiger partial charge in [0.15, 0.2) is 5.65 Å². The molecule has 1 unspecified atom stereocenters. The number of carbonyl (C=O) groups is 1. The molecule has 1 aromatic carbocycles. The normalized spacial score (nSPS) is 14.9. The number of nitrogens with zero attached hydrogens (tertiary/aromatic N) is 5. The van der Waals surface area contributed by atoms with E-state index in [0.717, 1.165) is 22.4 Å². The minimum Gasteiger partial charge on any atom is -0.345 e. The lowest BCUT2D eigenvalue weighted by Gasteiger charge is -2.18. The summed E-state index contributed by atoms with van der Waals surface area (Å²) in [6.07, 6.45) is 9.42. The number of rotatable bonds is 5. The molecule has 0 bridgehead atoms. The molecule has 1 aliphatic rings. The van der Waals surface area contributed by atoms with E-state index in [9.17, 15) is 4.79 Å². The standard InChI is InChI=1S/C21H20N6O/c1-14(17-5-2-3-6-19(17)27-10-4-9-24-27)25-21(28)15-11-18-20(22-12-15)26(13-23-18)16-7-8-16/h2-6,9-14,16H,7-8H2,1H3,(H,25,28). The number of para-hydroxylation sites is 1. The van der Waals surface area contributed by atoms with Crippen LogP contribution in [0.4, 0.5) is 0 Å². The van der Waals surface area contributed by atoms with Crippen LogP contribution >= 0.6 is 0 Å². The van der Waals surface area contributed by atoms with Gasteiger partial charge in [0.1, 0.15) is 5.52 Å². The average molecular weight is 372 g/mol. The number of amides is 1. The fraction of sp³-hybridized carbons (Fsp3) is 0.238. The summed E-state index contributed by atoms with van der Waals surface area (Å²) in [7, 11) is 0. The highest BCUT2D eigenvalue weighted by Crippen LogP contribution is 2.36. The van der Waals surface area contributed by atoms with Crippen molar-refractivity contribution in [1.29, 1.82) is 0 Å². The highest BCUT2D eigenvalue weighted by atomic mass is 16.1. The van der Waals surface area contributed by atoms with Crippen molar-refractivity contribution in [2.24, 2.45) is 0 Å². The minimum atomic E-state index is -0.187. The lowest BCUT2D eigenvalue weighted by atomic mass is 10.1. The van der Waals surface area contributed by atoms with E-state index in [1.807, 2.05) is 55.8 Å². The molecule has 3 heterocycles. The van der Waals surface area contributed by atoms with E-state index >= 15 is 0 Å². The maximum Gasteiger partial charge on any atom is 0.253 e. The first-order valence-corrected chi connectivity index (χ1v) is 9.43. The Morgan fingerprint density at radius 2 is 2.07 bits per heavy atom. The van der Waals surface area contributed by atoms with Crippen LogP contribution < -0.4 is 5.32 Å². The van der Waals surface area contributed by atoms with Gasteiger partial charge in [-0.15, -0.1) is 0 Å². The molecule has 0 spiro atoms. The van der Waals surface area contributed by atoms with Gasteiger partial charge in [-0.1, -0.05) is 18.2 Å². The van der Waals surface area contributed by atoms with Crippen molar-refractivity contribution in [2.75, 3.05) is 0 Å². The molecule has 0 aliphatic heterocycles. The lowest BCUT2D eigenvalue weighted by Crippen LogP contribution is -2.27. The van der Waals surface area contributed by atoms with Gasteiger partial charge < -0.3 is 9.88 Å². The average Bonchev–Trinajstić information content (AvgIpc) is 3.25. The van der Waals surface area contributed by atoms with Gasteiger partial charge in [-0.2, -0.15) is 5.10 Å². The Hall–Kier alpha value is -3.48. The number of carbonyl (C=O) groups excluding carboxylic acids is 1. The molecule has 140 valence electrons. The first kappa shape index (κ1) is 16.7. The SMILES string of the molecule is CC(NC(=O)c1cnc2c(c1)ncn2C1CC1)c1ccccc1-n1cccn1. The van der Waals surface area contributed by atoms with E-state index in [4.69, 9.17) is 0 Å². The van der Waals surface area contributed by atoms with Gasteiger partial charge in [-0.05, 0) is 43.5 Å². The number of hydrogen-bond acceptors (Lipinski definition) is 4. The lowest BCUT2D eigenvalue weighted by molar-refractivity contribution is 0.0939. The smallest absolute Gasteiger partial charge is 0.253 e. The van der Waals surface area contributed by atoms with Crippen molar-refractivity contribution in [2.45, 2.75) is 31.8 Å².